The number of hydrogen-bond donors (Lipinski definition) is 2. The number of aliphatic hydroxyl groups is 1. The summed E-state index contributed by atoms with van der Waals surface area (Å²) in [5.74, 6) is 0.0559. The van der Waals surface area contributed by atoms with Gasteiger partial charge < -0.3 is 15.2 Å². The van der Waals surface area contributed by atoms with Gasteiger partial charge >= 0.3 is 5.97 Å². The molecule has 6 nitrogen and oxygen atoms in total. The zero-order chi connectivity index (χ0) is 13.0. The van der Waals surface area contributed by atoms with Crippen molar-refractivity contribution in [2.45, 2.75) is 37.8 Å². The van der Waals surface area contributed by atoms with E-state index in [0.717, 1.165) is 25.7 Å². The van der Waals surface area contributed by atoms with Gasteiger partial charge in [-0.2, -0.15) is 0 Å². The second-order valence-corrected chi connectivity index (χ2v) is 4.38. The van der Waals surface area contributed by atoms with Gasteiger partial charge in [0.05, 0.1) is 31.6 Å². The molecule has 0 bridgehead atoms. The average molecular weight is 251 g/mol. The predicted octanol–water partition coefficient (Wildman–Crippen LogP) is 0.979. The Hall–Kier alpha value is -1.69. The number of aliphatic hydroxyl groups excluding tert-OH is 1. The summed E-state index contributed by atoms with van der Waals surface area (Å²) < 4.78 is 4.54. The van der Waals surface area contributed by atoms with Crippen molar-refractivity contribution < 1.29 is 14.6 Å². The molecule has 1 aliphatic rings. The van der Waals surface area contributed by atoms with Crippen molar-refractivity contribution in [3.05, 3.63) is 18.1 Å². The van der Waals surface area contributed by atoms with Crippen LogP contribution in [0.4, 0.5) is 5.82 Å². The maximum atomic E-state index is 11.2. The van der Waals surface area contributed by atoms with Crippen LogP contribution in [0.25, 0.3) is 0 Å². The normalized spacial score (nSPS) is 23.4. The van der Waals surface area contributed by atoms with Gasteiger partial charge in [0, 0.05) is 0 Å². The summed E-state index contributed by atoms with van der Waals surface area (Å²) in [6.07, 6.45) is 6.39. The molecule has 0 radical (unpaired) electrons. The second kappa shape index (κ2) is 5.77. The van der Waals surface area contributed by atoms with Crippen molar-refractivity contribution in [3.63, 3.8) is 0 Å². The van der Waals surface area contributed by atoms with Crippen LogP contribution in [0.2, 0.25) is 0 Å². The number of rotatable bonds is 3. The maximum Gasteiger partial charge on any atom is 0.358 e. The van der Waals surface area contributed by atoms with Gasteiger partial charge in [-0.3, -0.25) is 0 Å². The topological polar surface area (TPSA) is 84.3 Å². The van der Waals surface area contributed by atoms with Crippen molar-refractivity contribution in [3.8, 4) is 0 Å². The van der Waals surface area contributed by atoms with E-state index in [1.807, 2.05) is 0 Å². The van der Waals surface area contributed by atoms with E-state index in [2.05, 4.69) is 20.0 Å². The minimum Gasteiger partial charge on any atom is -0.464 e. The number of ether oxygens (including phenoxy) is 1. The fourth-order valence-corrected chi connectivity index (χ4v) is 2.08. The number of anilines is 1. The van der Waals surface area contributed by atoms with Crippen molar-refractivity contribution in [2.75, 3.05) is 12.4 Å². The predicted molar refractivity (Wildman–Crippen MR) is 65.3 cm³/mol. The third kappa shape index (κ3) is 2.95. The summed E-state index contributed by atoms with van der Waals surface area (Å²) in [6, 6.07) is 0.0111. The molecule has 2 N–H and O–H groups in total. The molecule has 0 aromatic carbocycles. The van der Waals surface area contributed by atoms with E-state index < -0.39 is 5.97 Å². The van der Waals surface area contributed by atoms with Crippen LogP contribution >= 0.6 is 0 Å². The molecule has 1 heterocycles. The molecule has 1 aromatic rings. The number of esters is 1. The molecule has 2 rings (SSSR count). The molecule has 1 aromatic heterocycles. The Morgan fingerprint density at radius 1 is 1.39 bits per heavy atom. The molecule has 0 spiro atoms. The maximum absolute atomic E-state index is 11.2. The lowest BCUT2D eigenvalue weighted by Crippen LogP contribution is -2.36. The van der Waals surface area contributed by atoms with Gasteiger partial charge in [-0.1, -0.05) is 12.8 Å². The Morgan fingerprint density at radius 2 is 2.17 bits per heavy atom. The number of hydrogen-bond acceptors (Lipinski definition) is 6. The quantitative estimate of drug-likeness (QED) is 0.779. The summed E-state index contributed by atoms with van der Waals surface area (Å²) in [7, 11) is 1.30. The van der Waals surface area contributed by atoms with Crippen LogP contribution in [0.15, 0.2) is 12.4 Å². The van der Waals surface area contributed by atoms with E-state index in [0.29, 0.717) is 5.82 Å². The third-order valence-electron chi connectivity index (χ3n) is 3.11. The molecule has 6 heteroatoms. The summed E-state index contributed by atoms with van der Waals surface area (Å²) in [5, 5.41) is 13.0. The Kier molecular flexibility index (Phi) is 4.09. The number of nitrogens with zero attached hydrogens (tertiary/aromatic N) is 2. The lowest BCUT2D eigenvalue weighted by Gasteiger charge is -2.28. The molecular formula is C12H17N3O3. The average Bonchev–Trinajstić information content (AvgIpc) is 2.41. The first kappa shape index (κ1) is 12.8. The van der Waals surface area contributed by atoms with Gasteiger partial charge in [-0.05, 0) is 12.8 Å². The number of aromatic nitrogens is 2. The number of nitrogens with one attached hydrogen (secondary N) is 1. The smallest absolute Gasteiger partial charge is 0.358 e. The van der Waals surface area contributed by atoms with E-state index in [-0.39, 0.29) is 17.8 Å². The second-order valence-electron chi connectivity index (χ2n) is 4.38. The van der Waals surface area contributed by atoms with Crippen LogP contribution in [0.3, 0.4) is 0 Å². The van der Waals surface area contributed by atoms with Crippen LogP contribution in [0.1, 0.15) is 36.2 Å². The van der Waals surface area contributed by atoms with Crippen molar-refractivity contribution >= 4 is 11.8 Å². The highest BCUT2D eigenvalue weighted by atomic mass is 16.5. The third-order valence-corrected chi connectivity index (χ3v) is 3.11. The minimum atomic E-state index is -0.508. The molecule has 0 saturated heterocycles. The standard InChI is InChI=1S/C12H17N3O3/c1-18-12(17)9-6-14-11(7-13-9)15-8-4-2-3-5-10(8)16/h6-8,10,16H,2-5H2,1H3,(H,14,15). The summed E-state index contributed by atoms with van der Waals surface area (Å²) in [4.78, 5) is 19.2. The van der Waals surface area contributed by atoms with Gasteiger partial charge in [0.15, 0.2) is 5.69 Å². The Labute approximate surface area is 105 Å². The summed E-state index contributed by atoms with van der Waals surface area (Å²) >= 11 is 0. The van der Waals surface area contributed by atoms with Crippen LogP contribution < -0.4 is 5.32 Å². The van der Waals surface area contributed by atoms with E-state index in [1.165, 1.54) is 19.5 Å². The number of methoxy groups -OCH3 is 1. The van der Waals surface area contributed by atoms with Gasteiger partial charge in [0.25, 0.3) is 0 Å². The number of carbonyl (C=O) groups excluding carboxylic acids is 1. The van der Waals surface area contributed by atoms with Crippen LogP contribution in [-0.2, 0) is 4.74 Å². The molecule has 2 unspecified atom stereocenters. The van der Waals surface area contributed by atoms with E-state index in [1.54, 1.807) is 0 Å². The van der Waals surface area contributed by atoms with E-state index in [9.17, 15) is 9.90 Å². The zero-order valence-corrected chi connectivity index (χ0v) is 10.3. The molecule has 1 fully saturated rings. The largest absolute Gasteiger partial charge is 0.464 e. The Bertz CT molecular complexity index is 408. The Balaban J connectivity index is 1.99. The van der Waals surface area contributed by atoms with Gasteiger partial charge in [-0.25, -0.2) is 14.8 Å². The van der Waals surface area contributed by atoms with E-state index in [4.69, 9.17) is 0 Å². The highest BCUT2D eigenvalue weighted by Gasteiger charge is 2.23. The molecular weight excluding hydrogens is 234 g/mol. The monoisotopic (exact) mass is 251 g/mol. The SMILES string of the molecule is COC(=O)c1cnc(NC2CCCCC2O)cn1. The highest BCUT2D eigenvalue weighted by Crippen LogP contribution is 2.21. The first-order valence-corrected chi connectivity index (χ1v) is 6.05. The van der Waals surface area contributed by atoms with Gasteiger partial charge in [0.1, 0.15) is 5.82 Å². The fraction of sp³-hybridized carbons (Fsp3) is 0.583. The zero-order valence-electron chi connectivity index (χ0n) is 10.3. The lowest BCUT2D eigenvalue weighted by molar-refractivity contribution is 0.0593. The first-order valence-electron chi connectivity index (χ1n) is 6.05. The van der Waals surface area contributed by atoms with Crippen LogP contribution in [0.5, 0.6) is 0 Å². The van der Waals surface area contributed by atoms with Crippen molar-refractivity contribution in [2.24, 2.45) is 0 Å². The molecule has 2 atom stereocenters. The Morgan fingerprint density at radius 3 is 2.78 bits per heavy atom. The van der Waals surface area contributed by atoms with Gasteiger partial charge in [0.2, 0.25) is 0 Å². The highest BCUT2D eigenvalue weighted by molar-refractivity contribution is 5.86. The summed E-state index contributed by atoms with van der Waals surface area (Å²) in [5.41, 5.74) is 0.173. The summed E-state index contributed by atoms with van der Waals surface area (Å²) in [6.45, 7) is 0. The van der Waals surface area contributed by atoms with E-state index >= 15 is 0 Å². The molecule has 0 aliphatic heterocycles. The van der Waals surface area contributed by atoms with Crippen LogP contribution in [0, 0.1) is 0 Å². The molecule has 98 valence electrons. The van der Waals surface area contributed by atoms with Gasteiger partial charge in [-0.15, -0.1) is 0 Å². The van der Waals surface area contributed by atoms with Crippen molar-refractivity contribution in [1.82, 2.24) is 9.97 Å². The lowest BCUT2D eigenvalue weighted by atomic mass is 9.93. The van der Waals surface area contributed by atoms with Crippen LogP contribution in [-0.4, -0.2) is 40.3 Å². The molecule has 1 saturated carbocycles. The minimum absolute atomic E-state index is 0.0111. The molecule has 0 amide bonds. The molecule has 1 aliphatic carbocycles. The number of carbonyl (C=O) groups is 1. The van der Waals surface area contributed by atoms with Crippen molar-refractivity contribution in [1.29, 1.82) is 0 Å². The fourth-order valence-electron chi connectivity index (χ4n) is 2.08. The first-order chi connectivity index (χ1) is 8.70. The molecule has 18 heavy (non-hydrogen) atoms.